The van der Waals surface area contributed by atoms with Crippen molar-refractivity contribution in [1.82, 2.24) is 14.5 Å². The fourth-order valence-corrected chi connectivity index (χ4v) is 5.96. The Morgan fingerprint density at radius 3 is 2.63 bits per heavy atom. The van der Waals surface area contributed by atoms with E-state index in [1.807, 2.05) is 24.0 Å². The van der Waals surface area contributed by atoms with Crippen LogP contribution in [-0.2, 0) is 0 Å². The number of pyridine rings is 1. The Balaban J connectivity index is 1.64. The number of nitrogens with zero attached hydrogens (tertiary/aromatic N) is 4. The summed E-state index contributed by atoms with van der Waals surface area (Å²) >= 11 is 1.89. The van der Waals surface area contributed by atoms with E-state index >= 15 is 0 Å². The van der Waals surface area contributed by atoms with E-state index in [0.717, 1.165) is 12.2 Å². The molecule has 0 N–H and O–H groups in total. The van der Waals surface area contributed by atoms with Crippen LogP contribution in [-0.4, -0.2) is 31.4 Å². The van der Waals surface area contributed by atoms with Gasteiger partial charge in [-0.15, -0.1) is 0 Å². The largest absolute Gasteiger partial charge is 0.341 e. The van der Waals surface area contributed by atoms with Crippen molar-refractivity contribution in [1.29, 1.82) is 0 Å². The van der Waals surface area contributed by atoms with Crippen molar-refractivity contribution in [3.05, 3.63) is 82.4 Å². The topological polar surface area (TPSA) is 33.4 Å². The molecule has 4 heterocycles. The summed E-state index contributed by atoms with van der Waals surface area (Å²) < 4.78 is 2.41. The lowest BCUT2D eigenvalue weighted by Gasteiger charge is -2.27. The summed E-state index contributed by atoms with van der Waals surface area (Å²) in [6.45, 7) is 12.1. The number of aromatic nitrogens is 2. The fraction of sp³-hybridized carbons (Fsp3) is 0.360. The van der Waals surface area contributed by atoms with Crippen LogP contribution in [0.2, 0.25) is 0 Å². The molecule has 0 amide bonds. The average molecular weight is 417 g/mol. The van der Waals surface area contributed by atoms with Crippen LogP contribution in [0.1, 0.15) is 52.8 Å². The number of hydrogen-bond donors (Lipinski definition) is 0. The first-order valence-electron chi connectivity index (χ1n) is 10.6. The standard InChI is InChI=1S/C25H28N4S/c1-15-9-10-16(2)22(12-15)29-17(3)13-20(19(29)5)24-23(21-8-6-7-11-26-21)27-25-28(24)14-18(4)30-25/h6-13,18,23-24H,14H2,1-5H3/t18-,23-,24-/m1/s1. The Kier molecular flexibility index (Phi) is 4.73. The van der Waals surface area contributed by atoms with E-state index < -0.39 is 0 Å². The molecular weight excluding hydrogens is 388 g/mol. The molecule has 2 aliphatic rings. The predicted molar refractivity (Wildman–Crippen MR) is 126 cm³/mol. The number of aryl methyl sites for hydroxylation is 3. The summed E-state index contributed by atoms with van der Waals surface area (Å²) in [5, 5.41) is 1.73. The van der Waals surface area contributed by atoms with Gasteiger partial charge in [0.15, 0.2) is 5.17 Å². The summed E-state index contributed by atoms with van der Waals surface area (Å²) in [6, 6.07) is 15.4. The highest BCUT2D eigenvalue weighted by molar-refractivity contribution is 8.14. The van der Waals surface area contributed by atoms with Crippen LogP contribution >= 0.6 is 11.8 Å². The highest BCUT2D eigenvalue weighted by Crippen LogP contribution is 2.49. The lowest BCUT2D eigenvalue weighted by molar-refractivity contribution is 0.320. The third kappa shape index (κ3) is 3.07. The van der Waals surface area contributed by atoms with Gasteiger partial charge >= 0.3 is 0 Å². The van der Waals surface area contributed by atoms with Crippen LogP contribution in [0.4, 0.5) is 0 Å². The lowest BCUT2D eigenvalue weighted by atomic mass is 9.96. The maximum atomic E-state index is 5.15. The summed E-state index contributed by atoms with van der Waals surface area (Å²) in [6.07, 6.45) is 1.88. The van der Waals surface area contributed by atoms with Crippen molar-refractivity contribution in [2.75, 3.05) is 6.54 Å². The van der Waals surface area contributed by atoms with Gasteiger partial charge in [0.05, 0.1) is 11.7 Å². The van der Waals surface area contributed by atoms with Gasteiger partial charge in [-0.3, -0.25) is 9.98 Å². The minimum Gasteiger partial charge on any atom is -0.341 e. The molecule has 0 saturated carbocycles. The van der Waals surface area contributed by atoms with E-state index in [2.05, 4.69) is 85.5 Å². The first kappa shape index (κ1) is 19.4. The second-order valence-electron chi connectivity index (χ2n) is 8.59. The van der Waals surface area contributed by atoms with Crippen molar-refractivity contribution in [2.45, 2.75) is 52.0 Å². The molecule has 5 heteroatoms. The first-order chi connectivity index (χ1) is 14.4. The zero-order valence-corrected chi connectivity index (χ0v) is 19.1. The Morgan fingerprint density at radius 2 is 1.87 bits per heavy atom. The molecule has 5 rings (SSSR count). The summed E-state index contributed by atoms with van der Waals surface area (Å²) in [5.74, 6) is 0. The maximum Gasteiger partial charge on any atom is 0.160 e. The van der Waals surface area contributed by atoms with Crippen LogP contribution in [0.25, 0.3) is 5.69 Å². The quantitative estimate of drug-likeness (QED) is 0.549. The predicted octanol–water partition coefficient (Wildman–Crippen LogP) is 5.70. The molecule has 0 radical (unpaired) electrons. The van der Waals surface area contributed by atoms with Crippen LogP contribution in [0.3, 0.4) is 0 Å². The molecule has 30 heavy (non-hydrogen) atoms. The summed E-state index contributed by atoms with van der Waals surface area (Å²) in [5.41, 5.74) is 8.83. The number of aliphatic imine (C=N–C) groups is 1. The molecule has 0 spiro atoms. The van der Waals surface area contributed by atoms with Gasteiger partial charge in [-0.1, -0.05) is 36.9 Å². The van der Waals surface area contributed by atoms with Gasteiger partial charge in [0.2, 0.25) is 0 Å². The molecule has 2 aliphatic heterocycles. The number of benzene rings is 1. The van der Waals surface area contributed by atoms with Crippen molar-refractivity contribution in [3.8, 4) is 5.69 Å². The Morgan fingerprint density at radius 1 is 1.03 bits per heavy atom. The minimum atomic E-state index is 0.0359. The molecule has 1 saturated heterocycles. The molecule has 0 unspecified atom stereocenters. The lowest BCUT2D eigenvalue weighted by Crippen LogP contribution is -2.28. The van der Waals surface area contributed by atoms with Gasteiger partial charge < -0.3 is 9.47 Å². The van der Waals surface area contributed by atoms with E-state index in [-0.39, 0.29) is 12.1 Å². The molecule has 154 valence electrons. The third-order valence-corrected chi connectivity index (χ3v) is 7.38. The van der Waals surface area contributed by atoms with Crippen molar-refractivity contribution in [2.24, 2.45) is 4.99 Å². The SMILES string of the molecule is Cc1ccc(C)c(-n2c(C)cc([C@@H]3[C@@H](c4ccccn4)N=C4S[C@H](C)CN43)c2C)c1. The molecule has 0 bridgehead atoms. The van der Waals surface area contributed by atoms with Gasteiger partial charge in [-0.05, 0) is 68.7 Å². The zero-order chi connectivity index (χ0) is 21.0. The maximum absolute atomic E-state index is 5.15. The van der Waals surface area contributed by atoms with E-state index in [4.69, 9.17) is 4.99 Å². The molecule has 0 aliphatic carbocycles. The van der Waals surface area contributed by atoms with Crippen molar-refractivity contribution < 1.29 is 0 Å². The number of hydrogen-bond acceptors (Lipinski definition) is 4. The highest BCUT2D eigenvalue weighted by atomic mass is 32.2. The monoisotopic (exact) mass is 416 g/mol. The normalized spacial score (nSPS) is 23.0. The zero-order valence-electron chi connectivity index (χ0n) is 18.3. The minimum absolute atomic E-state index is 0.0359. The second-order valence-corrected chi connectivity index (χ2v) is 9.99. The second kappa shape index (κ2) is 7.31. The highest BCUT2D eigenvalue weighted by Gasteiger charge is 2.44. The van der Waals surface area contributed by atoms with Gasteiger partial charge in [0, 0.05) is 35.1 Å². The molecule has 3 aromatic rings. The van der Waals surface area contributed by atoms with Crippen molar-refractivity contribution >= 4 is 16.9 Å². The van der Waals surface area contributed by atoms with Crippen LogP contribution < -0.4 is 0 Å². The Bertz CT molecular complexity index is 1130. The molecule has 1 aromatic carbocycles. The third-order valence-electron chi connectivity index (χ3n) is 6.28. The van der Waals surface area contributed by atoms with Crippen molar-refractivity contribution in [3.63, 3.8) is 0 Å². The van der Waals surface area contributed by atoms with Crippen LogP contribution in [0.5, 0.6) is 0 Å². The number of thioether (sulfide) groups is 1. The van der Waals surface area contributed by atoms with E-state index in [0.29, 0.717) is 5.25 Å². The van der Waals surface area contributed by atoms with Gasteiger partial charge in [0.25, 0.3) is 0 Å². The smallest absolute Gasteiger partial charge is 0.160 e. The van der Waals surface area contributed by atoms with Crippen LogP contribution in [0.15, 0.2) is 53.7 Å². The van der Waals surface area contributed by atoms with E-state index in [9.17, 15) is 0 Å². The number of amidine groups is 1. The van der Waals surface area contributed by atoms with Gasteiger partial charge in [-0.25, -0.2) is 0 Å². The molecule has 3 atom stereocenters. The summed E-state index contributed by atoms with van der Waals surface area (Å²) in [4.78, 5) is 12.3. The first-order valence-corrected chi connectivity index (χ1v) is 11.5. The Labute approximate surface area is 183 Å². The van der Waals surface area contributed by atoms with Gasteiger partial charge in [0.1, 0.15) is 6.04 Å². The summed E-state index contributed by atoms with van der Waals surface area (Å²) in [7, 11) is 0. The molecule has 2 aromatic heterocycles. The molecular formula is C25H28N4S. The fourth-order valence-electron chi connectivity index (χ4n) is 4.87. The van der Waals surface area contributed by atoms with Gasteiger partial charge in [-0.2, -0.15) is 0 Å². The number of rotatable bonds is 3. The Hall–Kier alpha value is -2.53. The van der Waals surface area contributed by atoms with E-state index in [1.54, 1.807) is 0 Å². The molecule has 4 nitrogen and oxygen atoms in total. The van der Waals surface area contributed by atoms with Crippen LogP contribution in [0, 0.1) is 27.7 Å². The molecule has 1 fully saturated rings. The number of fused-ring (bicyclic) bond motifs is 1. The average Bonchev–Trinajstić information content (AvgIpc) is 3.34. The van der Waals surface area contributed by atoms with E-state index in [1.165, 1.54) is 38.9 Å².